The summed E-state index contributed by atoms with van der Waals surface area (Å²) >= 11 is 4.92. The third-order valence-electron chi connectivity index (χ3n) is 4.86. The Kier molecular flexibility index (Phi) is 7.01. The molecule has 0 bridgehead atoms. The van der Waals surface area contributed by atoms with Crippen molar-refractivity contribution >= 4 is 62.3 Å². The Morgan fingerprint density at radius 3 is 2.38 bits per heavy atom. The Morgan fingerprint density at radius 2 is 1.72 bits per heavy atom. The predicted molar refractivity (Wildman–Crippen MR) is 132 cm³/mol. The zero-order valence-corrected chi connectivity index (χ0v) is 19.9. The molecule has 0 unspecified atom stereocenters. The molecule has 0 spiro atoms. The third kappa shape index (κ3) is 6.04. The van der Waals surface area contributed by atoms with Crippen molar-refractivity contribution in [2.75, 3.05) is 33.9 Å². The van der Waals surface area contributed by atoms with Crippen LogP contribution in [0.1, 0.15) is 23.4 Å². The topological polar surface area (TPSA) is 99.2 Å². The van der Waals surface area contributed by atoms with Crippen molar-refractivity contribution in [3.8, 4) is 0 Å². The van der Waals surface area contributed by atoms with Crippen LogP contribution in [0.25, 0.3) is 0 Å². The predicted octanol–water partition coefficient (Wildman–Crippen LogP) is 5.03. The monoisotopic (exact) mass is 514 g/mol. The van der Waals surface area contributed by atoms with Crippen LogP contribution in [0, 0.1) is 6.92 Å². The van der Waals surface area contributed by atoms with E-state index in [1.54, 1.807) is 30.3 Å². The van der Waals surface area contributed by atoms with Crippen molar-refractivity contribution in [1.29, 1.82) is 0 Å². The standard InChI is InChI=1S/C22H23BrN6O2S/c1-14-10-19(27-21(24-14)29-8-2-3-9-29)28-22(31)26-17-6-4-16(5-7-17)25-20(30)12-18-11-15(23)13-32-18/h4-7,10-11,13H,2-3,8-9,12H2,1H3,(H,25,30)(H2,24,26,27,28,31). The van der Waals surface area contributed by atoms with Gasteiger partial charge in [-0.1, -0.05) is 0 Å². The first-order chi connectivity index (χ1) is 15.4. The molecule has 166 valence electrons. The molecule has 1 fully saturated rings. The molecule has 4 rings (SSSR count). The molecule has 32 heavy (non-hydrogen) atoms. The van der Waals surface area contributed by atoms with Gasteiger partial charge in [0.05, 0.1) is 6.42 Å². The molecule has 0 atom stereocenters. The van der Waals surface area contributed by atoms with Gasteiger partial charge in [0.25, 0.3) is 0 Å². The van der Waals surface area contributed by atoms with E-state index in [-0.39, 0.29) is 5.91 Å². The largest absolute Gasteiger partial charge is 0.341 e. The highest BCUT2D eigenvalue weighted by atomic mass is 79.9. The molecule has 8 nitrogen and oxygen atoms in total. The van der Waals surface area contributed by atoms with E-state index in [0.717, 1.165) is 41.0 Å². The van der Waals surface area contributed by atoms with E-state index in [0.29, 0.717) is 29.6 Å². The van der Waals surface area contributed by atoms with Gasteiger partial charge in [-0.25, -0.2) is 9.78 Å². The van der Waals surface area contributed by atoms with Crippen LogP contribution in [-0.2, 0) is 11.2 Å². The summed E-state index contributed by atoms with van der Waals surface area (Å²) in [5.41, 5.74) is 2.07. The van der Waals surface area contributed by atoms with E-state index in [1.165, 1.54) is 11.3 Å². The Bertz CT molecular complexity index is 1110. The van der Waals surface area contributed by atoms with Gasteiger partial charge in [0.2, 0.25) is 11.9 Å². The van der Waals surface area contributed by atoms with Crippen molar-refractivity contribution in [2.45, 2.75) is 26.2 Å². The van der Waals surface area contributed by atoms with Crippen LogP contribution < -0.4 is 20.9 Å². The zero-order chi connectivity index (χ0) is 22.5. The normalized spacial score (nSPS) is 13.1. The molecule has 3 N–H and O–H groups in total. The minimum atomic E-state index is -0.393. The lowest BCUT2D eigenvalue weighted by atomic mass is 10.2. The van der Waals surface area contributed by atoms with E-state index in [4.69, 9.17) is 0 Å². The first kappa shape index (κ1) is 22.2. The van der Waals surface area contributed by atoms with Crippen LogP contribution in [0.4, 0.5) is 27.9 Å². The fourth-order valence-corrected chi connectivity index (χ4v) is 4.85. The summed E-state index contributed by atoms with van der Waals surface area (Å²) in [5.74, 6) is 1.01. The van der Waals surface area contributed by atoms with E-state index < -0.39 is 6.03 Å². The first-order valence-electron chi connectivity index (χ1n) is 10.3. The number of hydrogen-bond acceptors (Lipinski definition) is 6. The maximum Gasteiger partial charge on any atom is 0.324 e. The second-order valence-corrected chi connectivity index (χ2v) is 9.41. The number of thiophene rings is 1. The van der Waals surface area contributed by atoms with Crippen LogP contribution in [0.5, 0.6) is 0 Å². The summed E-state index contributed by atoms with van der Waals surface area (Å²) in [4.78, 5) is 36.7. The van der Waals surface area contributed by atoms with Gasteiger partial charge >= 0.3 is 6.03 Å². The number of carbonyl (C=O) groups is 2. The lowest BCUT2D eigenvalue weighted by molar-refractivity contribution is -0.115. The van der Waals surface area contributed by atoms with Gasteiger partial charge < -0.3 is 15.5 Å². The smallest absolute Gasteiger partial charge is 0.324 e. The van der Waals surface area contributed by atoms with E-state index in [9.17, 15) is 9.59 Å². The molecule has 0 aliphatic carbocycles. The van der Waals surface area contributed by atoms with Gasteiger partial charge in [-0.15, -0.1) is 11.3 Å². The van der Waals surface area contributed by atoms with Crippen LogP contribution in [-0.4, -0.2) is 35.0 Å². The number of aromatic nitrogens is 2. The Labute approximate surface area is 198 Å². The zero-order valence-electron chi connectivity index (χ0n) is 17.5. The molecule has 1 saturated heterocycles. The fraction of sp³-hybridized carbons (Fsp3) is 0.273. The number of halogens is 1. The van der Waals surface area contributed by atoms with E-state index in [2.05, 4.69) is 46.7 Å². The molecule has 3 amide bonds. The van der Waals surface area contributed by atoms with Crippen LogP contribution >= 0.6 is 27.3 Å². The molecule has 3 heterocycles. The lowest BCUT2D eigenvalue weighted by Gasteiger charge is -2.16. The number of nitrogens with zero attached hydrogens (tertiary/aromatic N) is 3. The molecule has 2 aromatic heterocycles. The summed E-state index contributed by atoms with van der Waals surface area (Å²) in [6.07, 6.45) is 2.57. The van der Waals surface area contributed by atoms with Gasteiger partial charge in [0.1, 0.15) is 5.82 Å². The number of carbonyl (C=O) groups excluding carboxylic acids is 2. The SMILES string of the molecule is Cc1cc(NC(=O)Nc2ccc(NC(=O)Cc3cc(Br)cs3)cc2)nc(N2CCCC2)n1. The Morgan fingerprint density at radius 1 is 1.03 bits per heavy atom. The quantitative estimate of drug-likeness (QED) is 0.428. The summed E-state index contributed by atoms with van der Waals surface area (Å²) in [7, 11) is 0. The van der Waals surface area contributed by atoms with Crippen molar-refractivity contribution in [3.63, 3.8) is 0 Å². The summed E-state index contributed by atoms with van der Waals surface area (Å²) in [6, 6.07) is 10.2. The van der Waals surface area contributed by atoms with Crippen molar-refractivity contribution in [1.82, 2.24) is 9.97 Å². The molecular weight excluding hydrogens is 492 g/mol. The highest BCUT2D eigenvalue weighted by molar-refractivity contribution is 9.10. The molecule has 0 radical (unpaired) electrons. The maximum absolute atomic E-state index is 12.4. The second-order valence-electron chi connectivity index (χ2n) is 7.50. The summed E-state index contributed by atoms with van der Waals surface area (Å²) in [6.45, 7) is 3.75. The average Bonchev–Trinajstić information content (AvgIpc) is 3.41. The molecule has 10 heteroatoms. The number of nitrogens with one attached hydrogen (secondary N) is 3. The van der Waals surface area contributed by atoms with Crippen LogP contribution in [0.15, 0.2) is 46.3 Å². The number of rotatable bonds is 6. The number of aryl methyl sites for hydroxylation is 1. The highest BCUT2D eigenvalue weighted by Gasteiger charge is 2.16. The second kappa shape index (κ2) is 10.1. The minimum Gasteiger partial charge on any atom is -0.341 e. The lowest BCUT2D eigenvalue weighted by Crippen LogP contribution is -2.23. The number of amides is 3. The van der Waals surface area contributed by atoms with Crippen molar-refractivity contribution in [3.05, 3.63) is 56.8 Å². The molecule has 1 aliphatic heterocycles. The van der Waals surface area contributed by atoms with Crippen LogP contribution in [0.3, 0.4) is 0 Å². The number of urea groups is 1. The third-order valence-corrected chi connectivity index (χ3v) is 6.55. The molecule has 3 aromatic rings. The molecule has 1 aliphatic rings. The first-order valence-corrected chi connectivity index (χ1v) is 11.9. The van der Waals surface area contributed by atoms with E-state index >= 15 is 0 Å². The van der Waals surface area contributed by atoms with Gasteiger partial charge in [0, 0.05) is 51.0 Å². The van der Waals surface area contributed by atoms with Crippen molar-refractivity contribution < 1.29 is 9.59 Å². The Balaban J connectivity index is 1.31. The van der Waals surface area contributed by atoms with Gasteiger partial charge in [-0.2, -0.15) is 4.98 Å². The average molecular weight is 515 g/mol. The van der Waals surface area contributed by atoms with Gasteiger partial charge in [-0.3, -0.25) is 10.1 Å². The molecular formula is C22H23BrN6O2S. The van der Waals surface area contributed by atoms with E-state index in [1.807, 2.05) is 18.4 Å². The van der Waals surface area contributed by atoms with Crippen molar-refractivity contribution in [2.24, 2.45) is 0 Å². The van der Waals surface area contributed by atoms with Gasteiger partial charge in [0.15, 0.2) is 0 Å². The van der Waals surface area contributed by atoms with Crippen LogP contribution in [0.2, 0.25) is 0 Å². The number of anilines is 4. The fourth-order valence-electron chi connectivity index (χ4n) is 3.40. The number of hydrogen-bond donors (Lipinski definition) is 3. The Hall–Kier alpha value is -2.98. The molecule has 0 saturated carbocycles. The number of benzene rings is 1. The highest BCUT2D eigenvalue weighted by Crippen LogP contribution is 2.21. The maximum atomic E-state index is 12.4. The molecule has 1 aromatic carbocycles. The summed E-state index contributed by atoms with van der Waals surface area (Å²) < 4.78 is 0.975. The van der Waals surface area contributed by atoms with Gasteiger partial charge in [-0.05, 0) is 66.0 Å². The summed E-state index contributed by atoms with van der Waals surface area (Å²) in [5, 5.41) is 10.4. The minimum absolute atomic E-state index is 0.0919.